The largest absolute Gasteiger partial charge is 0.395 e. The number of hydrogen-bond acceptors (Lipinski definition) is 2. The van der Waals surface area contributed by atoms with Crippen molar-refractivity contribution in [3.05, 3.63) is 12.7 Å². The van der Waals surface area contributed by atoms with Gasteiger partial charge in [0.25, 0.3) is 0 Å². The molecule has 2 heteroatoms. The Labute approximate surface area is 85.0 Å². The van der Waals surface area contributed by atoms with Gasteiger partial charge >= 0.3 is 0 Å². The maximum absolute atomic E-state index is 11.8. The molecule has 2 bridgehead atoms. The van der Waals surface area contributed by atoms with Gasteiger partial charge in [0.2, 0.25) is 0 Å². The maximum atomic E-state index is 11.8. The fourth-order valence-electron chi connectivity index (χ4n) is 3.46. The van der Waals surface area contributed by atoms with E-state index in [4.69, 9.17) is 0 Å². The average Bonchev–Trinajstić information content (AvgIpc) is 2.15. The molecule has 3 fully saturated rings. The molecule has 0 aromatic heterocycles. The summed E-state index contributed by atoms with van der Waals surface area (Å²) in [5.74, 6) is 0.971. The Morgan fingerprint density at radius 2 is 2.29 bits per heavy atom. The van der Waals surface area contributed by atoms with Gasteiger partial charge in [0.1, 0.15) is 5.78 Å². The van der Waals surface area contributed by atoms with Crippen LogP contribution in [0.15, 0.2) is 12.7 Å². The first-order valence-corrected chi connectivity index (χ1v) is 5.25. The minimum atomic E-state index is -0.338. The van der Waals surface area contributed by atoms with Crippen LogP contribution in [-0.4, -0.2) is 17.5 Å². The van der Waals surface area contributed by atoms with Gasteiger partial charge in [-0.2, -0.15) is 0 Å². The molecule has 0 saturated heterocycles. The van der Waals surface area contributed by atoms with Gasteiger partial charge < -0.3 is 5.11 Å². The highest BCUT2D eigenvalue weighted by Crippen LogP contribution is 2.64. The average molecular weight is 194 g/mol. The van der Waals surface area contributed by atoms with E-state index in [0.717, 1.165) is 6.42 Å². The lowest BCUT2D eigenvalue weighted by Crippen LogP contribution is -2.62. The molecule has 1 N–H and O–H groups in total. The summed E-state index contributed by atoms with van der Waals surface area (Å²) >= 11 is 0. The van der Waals surface area contributed by atoms with Crippen LogP contribution in [0.3, 0.4) is 0 Å². The summed E-state index contributed by atoms with van der Waals surface area (Å²) in [4.78, 5) is 11.8. The van der Waals surface area contributed by atoms with Gasteiger partial charge in [-0.15, -0.1) is 6.58 Å². The van der Waals surface area contributed by atoms with Crippen LogP contribution < -0.4 is 0 Å². The third-order valence-electron chi connectivity index (χ3n) is 4.55. The van der Waals surface area contributed by atoms with E-state index in [1.165, 1.54) is 0 Å². The lowest BCUT2D eigenvalue weighted by Gasteiger charge is -2.63. The predicted octanol–water partition coefficient (Wildman–Crippen LogP) is 1.79. The van der Waals surface area contributed by atoms with Crippen molar-refractivity contribution in [1.82, 2.24) is 0 Å². The zero-order valence-corrected chi connectivity index (χ0v) is 8.92. The minimum absolute atomic E-state index is 0.0586. The fourth-order valence-corrected chi connectivity index (χ4v) is 3.46. The second-order valence-electron chi connectivity index (χ2n) is 5.40. The second-order valence-corrected chi connectivity index (χ2v) is 5.40. The molecular formula is C12H18O2. The highest BCUT2D eigenvalue weighted by Gasteiger charge is 2.63. The highest BCUT2D eigenvalue weighted by atomic mass is 16.3. The number of aliphatic hydroxyl groups excluding tert-OH is 1. The summed E-state index contributed by atoms with van der Waals surface area (Å²) in [5.41, 5.74) is -0.276. The van der Waals surface area contributed by atoms with Gasteiger partial charge in [0, 0.05) is 17.8 Å². The third kappa shape index (κ3) is 0.924. The molecule has 0 aromatic rings. The Balaban J connectivity index is 2.38. The van der Waals surface area contributed by atoms with E-state index in [9.17, 15) is 9.90 Å². The fraction of sp³-hybridized carbons (Fsp3) is 0.750. The molecule has 3 rings (SSSR count). The van der Waals surface area contributed by atoms with E-state index in [-0.39, 0.29) is 23.4 Å². The zero-order valence-electron chi connectivity index (χ0n) is 8.92. The molecule has 0 unspecified atom stereocenters. The molecule has 0 radical (unpaired) electrons. The molecule has 3 aliphatic carbocycles. The first-order valence-electron chi connectivity index (χ1n) is 5.25. The number of Topliss-reactive ketones (excluding diaryl/α,β-unsaturated/α-hetero) is 1. The number of rotatable bonds is 2. The van der Waals surface area contributed by atoms with E-state index in [0.29, 0.717) is 18.1 Å². The van der Waals surface area contributed by atoms with Crippen molar-refractivity contribution in [2.75, 3.05) is 6.61 Å². The van der Waals surface area contributed by atoms with Crippen molar-refractivity contribution in [2.45, 2.75) is 26.7 Å². The predicted molar refractivity (Wildman–Crippen MR) is 54.7 cm³/mol. The van der Waals surface area contributed by atoms with Crippen LogP contribution in [-0.2, 0) is 4.79 Å². The molecule has 0 aliphatic heterocycles. The van der Waals surface area contributed by atoms with Gasteiger partial charge in [-0.25, -0.2) is 0 Å². The number of fused-ring (bicyclic) bond motifs is 2. The monoisotopic (exact) mass is 194 g/mol. The highest BCUT2D eigenvalue weighted by molar-refractivity contribution is 5.86. The van der Waals surface area contributed by atoms with Gasteiger partial charge in [-0.1, -0.05) is 19.9 Å². The summed E-state index contributed by atoms with van der Waals surface area (Å²) in [7, 11) is 0. The van der Waals surface area contributed by atoms with E-state index in [2.05, 4.69) is 20.4 Å². The number of ketones is 1. The summed E-state index contributed by atoms with van der Waals surface area (Å²) < 4.78 is 0. The van der Waals surface area contributed by atoms with Crippen molar-refractivity contribution in [2.24, 2.45) is 22.7 Å². The smallest absolute Gasteiger partial charge is 0.137 e. The van der Waals surface area contributed by atoms with Crippen LogP contribution in [0.25, 0.3) is 0 Å². The molecule has 3 saturated carbocycles. The van der Waals surface area contributed by atoms with Crippen LogP contribution in [0.2, 0.25) is 0 Å². The number of aliphatic hydroxyl groups is 1. The van der Waals surface area contributed by atoms with Crippen molar-refractivity contribution in [1.29, 1.82) is 0 Å². The van der Waals surface area contributed by atoms with Crippen molar-refractivity contribution < 1.29 is 9.90 Å². The Morgan fingerprint density at radius 1 is 1.64 bits per heavy atom. The molecule has 78 valence electrons. The van der Waals surface area contributed by atoms with E-state index < -0.39 is 0 Å². The zero-order chi connectivity index (χ0) is 10.6. The molecule has 2 nitrogen and oxygen atoms in total. The van der Waals surface area contributed by atoms with Gasteiger partial charge in [0.05, 0.1) is 6.61 Å². The Morgan fingerprint density at radius 3 is 2.64 bits per heavy atom. The first kappa shape index (κ1) is 9.91. The molecule has 0 spiro atoms. The Hall–Kier alpha value is -0.630. The number of carbonyl (C=O) groups excluding carboxylic acids is 1. The van der Waals surface area contributed by atoms with Crippen LogP contribution in [0.4, 0.5) is 0 Å². The molecular weight excluding hydrogens is 176 g/mol. The van der Waals surface area contributed by atoms with Crippen LogP contribution >= 0.6 is 0 Å². The minimum Gasteiger partial charge on any atom is -0.395 e. The van der Waals surface area contributed by atoms with Crippen molar-refractivity contribution in [3.63, 3.8) is 0 Å². The standard InChI is InChI=1S/C12H18O2/c1-4-12(7-13)6-9(14)8-5-10(12)11(8,2)3/h4,8,10,13H,1,5-7H2,2-3H3/t8-,10-,12+/m0/s1. The number of carbonyl (C=O) groups is 1. The second kappa shape index (κ2) is 2.69. The van der Waals surface area contributed by atoms with Crippen LogP contribution in [0.5, 0.6) is 0 Å². The van der Waals surface area contributed by atoms with Gasteiger partial charge in [-0.05, 0) is 17.8 Å². The van der Waals surface area contributed by atoms with E-state index >= 15 is 0 Å². The van der Waals surface area contributed by atoms with Crippen LogP contribution in [0, 0.1) is 22.7 Å². The summed E-state index contributed by atoms with van der Waals surface area (Å²) in [6.45, 7) is 8.12. The van der Waals surface area contributed by atoms with Crippen molar-refractivity contribution in [3.8, 4) is 0 Å². The lowest BCUT2D eigenvalue weighted by atomic mass is 9.40. The Kier molecular flexibility index (Phi) is 1.91. The van der Waals surface area contributed by atoms with Crippen LogP contribution in [0.1, 0.15) is 26.7 Å². The topological polar surface area (TPSA) is 37.3 Å². The molecule has 3 atom stereocenters. The van der Waals surface area contributed by atoms with E-state index in [1.54, 1.807) is 6.08 Å². The van der Waals surface area contributed by atoms with Crippen molar-refractivity contribution >= 4 is 5.78 Å². The maximum Gasteiger partial charge on any atom is 0.137 e. The lowest BCUT2D eigenvalue weighted by molar-refractivity contribution is -0.173. The van der Waals surface area contributed by atoms with E-state index in [1.807, 2.05) is 0 Å². The molecule has 0 heterocycles. The number of hydrogen-bond donors (Lipinski definition) is 1. The third-order valence-corrected chi connectivity index (χ3v) is 4.55. The normalized spacial score (nSPS) is 44.4. The molecule has 0 aromatic carbocycles. The molecule has 0 amide bonds. The first-order chi connectivity index (χ1) is 6.48. The summed E-state index contributed by atoms with van der Waals surface area (Å²) in [6, 6.07) is 0. The van der Waals surface area contributed by atoms with Gasteiger partial charge in [0.15, 0.2) is 0 Å². The van der Waals surface area contributed by atoms with Gasteiger partial charge in [-0.3, -0.25) is 4.79 Å². The summed E-state index contributed by atoms with van der Waals surface area (Å²) in [6.07, 6.45) is 3.23. The quantitative estimate of drug-likeness (QED) is 0.680. The summed E-state index contributed by atoms with van der Waals surface area (Å²) in [5, 5.41) is 9.46. The Bertz CT molecular complexity index is 293. The molecule has 3 aliphatic rings. The SMILES string of the molecule is C=C[C@]1(CO)CC(=O)[C@@H]2C[C@H]1C2(C)C. The molecule has 14 heavy (non-hydrogen) atoms.